The number of rotatable bonds is 5. The number of carboxylic acid groups (broad SMARTS) is 1. The van der Waals surface area contributed by atoms with Gasteiger partial charge in [0.25, 0.3) is 0 Å². The highest BCUT2D eigenvalue weighted by atomic mass is 32.2. The topological polar surface area (TPSA) is 96.4 Å². The lowest BCUT2D eigenvalue weighted by molar-refractivity contribution is -0.136. The first-order valence-corrected chi connectivity index (χ1v) is 7.61. The fraction of sp³-hybridized carbons (Fsp3) is 0.231. The fourth-order valence-corrected chi connectivity index (χ4v) is 2.90. The normalized spacial score (nSPS) is 11.4. The van der Waals surface area contributed by atoms with Crippen molar-refractivity contribution >= 4 is 32.6 Å². The lowest BCUT2D eigenvalue weighted by Crippen LogP contribution is -2.19. The van der Waals surface area contributed by atoms with Gasteiger partial charge in [-0.05, 0) is 30.7 Å². The number of aromatic nitrogens is 1. The van der Waals surface area contributed by atoms with Gasteiger partial charge >= 0.3 is 5.97 Å². The molecule has 2 aromatic rings. The lowest BCUT2D eigenvalue weighted by Gasteiger charge is -2.11. The average Bonchev–Trinajstić information content (AvgIpc) is 2.40. The summed E-state index contributed by atoms with van der Waals surface area (Å²) in [5.74, 6) is -1.61. The van der Waals surface area contributed by atoms with Gasteiger partial charge in [0.15, 0.2) is 0 Å². The van der Waals surface area contributed by atoms with Crippen LogP contribution in [-0.2, 0) is 14.8 Å². The molecule has 6 nitrogen and oxygen atoms in total. The molecule has 0 saturated heterocycles. The molecular weight excluding hydrogens is 280 g/mol. The van der Waals surface area contributed by atoms with E-state index in [0.29, 0.717) is 16.6 Å². The van der Waals surface area contributed by atoms with Crippen LogP contribution in [0.25, 0.3) is 10.9 Å². The minimum Gasteiger partial charge on any atom is -0.481 e. The number of nitrogens with zero attached hydrogens (tertiary/aromatic N) is 1. The van der Waals surface area contributed by atoms with Crippen LogP contribution < -0.4 is 4.72 Å². The molecule has 0 amide bonds. The van der Waals surface area contributed by atoms with Crippen molar-refractivity contribution < 1.29 is 18.3 Å². The molecule has 1 heterocycles. The number of hydrogen-bond donors (Lipinski definition) is 2. The SMILES string of the molecule is Cc1ccc(NS(=O)(=O)CCC(=O)O)c2cccnc12. The van der Waals surface area contributed by atoms with Crippen LogP contribution >= 0.6 is 0 Å². The van der Waals surface area contributed by atoms with Gasteiger partial charge in [-0.1, -0.05) is 6.07 Å². The first-order chi connectivity index (χ1) is 9.39. The van der Waals surface area contributed by atoms with Gasteiger partial charge in [-0.3, -0.25) is 14.5 Å². The summed E-state index contributed by atoms with van der Waals surface area (Å²) in [6.45, 7) is 1.89. The van der Waals surface area contributed by atoms with Gasteiger partial charge in [-0.25, -0.2) is 8.42 Å². The number of aliphatic carboxylic acids is 1. The van der Waals surface area contributed by atoms with Crippen molar-refractivity contribution in [2.45, 2.75) is 13.3 Å². The molecule has 0 aliphatic heterocycles. The predicted molar refractivity (Wildman–Crippen MR) is 76.1 cm³/mol. The molecule has 0 radical (unpaired) electrons. The van der Waals surface area contributed by atoms with Crippen molar-refractivity contribution in [2.75, 3.05) is 10.5 Å². The Balaban J connectivity index is 2.35. The molecule has 106 valence electrons. The van der Waals surface area contributed by atoms with E-state index in [4.69, 9.17) is 5.11 Å². The van der Waals surface area contributed by atoms with Gasteiger partial charge < -0.3 is 5.11 Å². The quantitative estimate of drug-likeness (QED) is 0.876. The number of nitrogens with one attached hydrogen (secondary N) is 1. The molecule has 1 aromatic carbocycles. The summed E-state index contributed by atoms with van der Waals surface area (Å²) in [5, 5.41) is 9.24. The molecule has 0 unspecified atom stereocenters. The number of sulfonamides is 1. The molecule has 0 fully saturated rings. The maximum absolute atomic E-state index is 11.8. The van der Waals surface area contributed by atoms with E-state index < -0.39 is 28.2 Å². The van der Waals surface area contributed by atoms with E-state index in [-0.39, 0.29) is 0 Å². The van der Waals surface area contributed by atoms with E-state index in [1.165, 1.54) is 0 Å². The molecule has 0 aliphatic carbocycles. The summed E-state index contributed by atoms with van der Waals surface area (Å²) in [6.07, 6.45) is 1.20. The van der Waals surface area contributed by atoms with E-state index in [9.17, 15) is 13.2 Å². The third kappa shape index (κ3) is 3.24. The van der Waals surface area contributed by atoms with Crippen molar-refractivity contribution in [1.29, 1.82) is 0 Å². The molecule has 0 saturated carbocycles. The Morgan fingerprint density at radius 2 is 2.10 bits per heavy atom. The zero-order valence-corrected chi connectivity index (χ0v) is 11.6. The lowest BCUT2D eigenvalue weighted by atomic mass is 10.1. The van der Waals surface area contributed by atoms with Gasteiger partial charge in [-0.2, -0.15) is 0 Å². The molecule has 2 N–H and O–H groups in total. The number of carbonyl (C=O) groups is 1. The number of aryl methyl sites for hydroxylation is 1. The average molecular weight is 294 g/mol. The molecule has 7 heteroatoms. The Kier molecular flexibility index (Phi) is 3.89. The van der Waals surface area contributed by atoms with E-state index in [2.05, 4.69) is 9.71 Å². The number of anilines is 1. The Morgan fingerprint density at radius 3 is 2.80 bits per heavy atom. The number of benzene rings is 1. The van der Waals surface area contributed by atoms with Gasteiger partial charge in [0.05, 0.1) is 23.4 Å². The standard InChI is InChI=1S/C13H14N2O4S/c1-9-4-5-11(10-3-2-7-14-13(9)10)15-20(18,19)8-6-12(16)17/h2-5,7,15H,6,8H2,1H3,(H,16,17). The second kappa shape index (κ2) is 5.46. The van der Waals surface area contributed by atoms with Crippen LogP contribution in [-0.4, -0.2) is 30.2 Å². The van der Waals surface area contributed by atoms with Crippen LogP contribution in [0.3, 0.4) is 0 Å². The van der Waals surface area contributed by atoms with Crippen LogP contribution in [0, 0.1) is 6.92 Å². The van der Waals surface area contributed by atoms with Gasteiger partial charge in [-0.15, -0.1) is 0 Å². The van der Waals surface area contributed by atoms with E-state index in [1.807, 2.05) is 6.92 Å². The minimum absolute atomic E-state index is 0.407. The summed E-state index contributed by atoms with van der Waals surface area (Å²) < 4.78 is 26.1. The van der Waals surface area contributed by atoms with Crippen molar-refractivity contribution in [1.82, 2.24) is 4.98 Å². The predicted octanol–water partition coefficient (Wildman–Crippen LogP) is 1.76. The first kappa shape index (κ1) is 14.3. The minimum atomic E-state index is -3.69. The summed E-state index contributed by atoms with van der Waals surface area (Å²) in [7, 11) is -3.69. The fourth-order valence-electron chi connectivity index (χ4n) is 1.84. The molecule has 0 spiro atoms. The Hall–Kier alpha value is -2.15. The van der Waals surface area contributed by atoms with Crippen LogP contribution in [0.1, 0.15) is 12.0 Å². The maximum atomic E-state index is 11.8. The van der Waals surface area contributed by atoms with Crippen molar-refractivity contribution in [3.8, 4) is 0 Å². The molecule has 0 bridgehead atoms. The van der Waals surface area contributed by atoms with Crippen molar-refractivity contribution in [3.05, 3.63) is 36.0 Å². The molecule has 0 atom stereocenters. The smallest absolute Gasteiger partial charge is 0.304 e. The van der Waals surface area contributed by atoms with Crippen molar-refractivity contribution in [3.63, 3.8) is 0 Å². The molecule has 0 aliphatic rings. The molecule has 20 heavy (non-hydrogen) atoms. The van der Waals surface area contributed by atoms with Crippen LogP contribution in [0.4, 0.5) is 5.69 Å². The molecular formula is C13H14N2O4S. The molecule has 2 rings (SSSR count). The maximum Gasteiger partial charge on any atom is 0.304 e. The zero-order chi connectivity index (χ0) is 14.8. The first-order valence-electron chi connectivity index (χ1n) is 5.96. The summed E-state index contributed by atoms with van der Waals surface area (Å²) >= 11 is 0. The van der Waals surface area contributed by atoms with Crippen LogP contribution in [0.15, 0.2) is 30.5 Å². The van der Waals surface area contributed by atoms with Crippen molar-refractivity contribution in [2.24, 2.45) is 0 Å². The second-order valence-corrected chi connectivity index (χ2v) is 6.24. The number of pyridine rings is 1. The Morgan fingerprint density at radius 1 is 1.35 bits per heavy atom. The van der Waals surface area contributed by atoms with E-state index >= 15 is 0 Å². The number of carboxylic acids is 1. The summed E-state index contributed by atoms with van der Waals surface area (Å²) in [4.78, 5) is 14.7. The van der Waals surface area contributed by atoms with E-state index in [1.54, 1.807) is 30.5 Å². The second-order valence-electron chi connectivity index (χ2n) is 4.39. The van der Waals surface area contributed by atoms with Crippen LogP contribution in [0.5, 0.6) is 0 Å². The monoisotopic (exact) mass is 294 g/mol. The molecule has 1 aromatic heterocycles. The highest BCUT2D eigenvalue weighted by Crippen LogP contribution is 2.25. The summed E-state index contributed by atoms with van der Waals surface area (Å²) in [5.41, 5.74) is 2.06. The number of fused-ring (bicyclic) bond motifs is 1. The highest BCUT2D eigenvalue weighted by Gasteiger charge is 2.15. The van der Waals surface area contributed by atoms with E-state index in [0.717, 1.165) is 5.56 Å². The summed E-state index contributed by atoms with van der Waals surface area (Å²) in [6, 6.07) is 6.91. The Bertz CT molecular complexity index is 756. The zero-order valence-electron chi connectivity index (χ0n) is 10.8. The van der Waals surface area contributed by atoms with Gasteiger partial charge in [0.2, 0.25) is 10.0 Å². The number of hydrogen-bond acceptors (Lipinski definition) is 4. The third-order valence-corrected chi connectivity index (χ3v) is 4.09. The largest absolute Gasteiger partial charge is 0.481 e. The Labute approximate surface area is 116 Å². The van der Waals surface area contributed by atoms with Gasteiger partial charge in [0.1, 0.15) is 0 Å². The highest BCUT2D eigenvalue weighted by molar-refractivity contribution is 7.92. The van der Waals surface area contributed by atoms with Gasteiger partial charge in [0, 0.05) is 11.6 Å². The third-order valence-electron chi connectivity index (χ3n) is 2.82. The van der Waals surface area contributed by atoms with Crippen LogP contribution in [0.2, 0.25) is 0 Å².